The van der Waals surface area contributed by atoms with Gasteiger partial charge in [-0.3, -0.25) is 4.79 Å². The van der Waals surface area contributed by atoms with Crippen molar-refractivity contribution in [1.29, 1.82) is 0 Å². The van der Waals surface area contributed by atoms with Crippen LogP contribution in [-0.2, 0) is 9.53 Å². The molecule has 0 heterocycles. The van der Waals surface area contributed by atoms with Gasteiger partial charge >= 0.3 is 0 Å². The predicted molar refractivity (Wildman–Crippen MR) is 66.4 cm³/mol. The minimum atomic E-state index is 0.0516. The lowest BCUT2D eigenvalue weighted by Gasteiger charge is -2.19. The number of hydrogen-bond acceptors (Lipinski definition) is 3. The van der Waals surface area contributed by atoms with E-state index < -0.39 is 0 Å². The Bertz CT molecular complexity index is 195. The SMILES string of the molecule is CCC(COC)NCC(=O)NC(C)C(C)C. The predicted octanol–water partition coefficient (Wildman–Crippen LogP) is 1.16. The van der Waals surface area contributed by atoms with Crippen LogP contribution in [0.25, 0.3) is 0 Å². The maximum Gasteiger partial charge on any atom is 0.234 e. The summed E-state index contributed by atoms with van der Waals surface area (Å²) in [6.07, 6.45) is 0.959. The maximum atomic E-state index is 11.6. The summed E-state index contributed by atoms with van der Waals surface area (Å²) >= 11 is 0. The van der Waals surface area contributed by atoms with E-state index in [-0.39, 0.29) is 18.0 Å². The van der Waals surface area contributed by atoms with Crippen LogP contribution in [0.3, 0.4) is 0 Å². The van der Waals surface area contributed by atoms with E-state index in [0.29, 0.717) is 19.1 Å². The minimum absolute atomic E-state index is 0.0516. The monoisotopic (exact) mass is 230 g/mol. The maximum absolute atomic E-state index is 11.6. The smallest absolute Gasteiger partial charge is 0.234 e. The second kappa shape index (κ2) is 8.53. The zero-order valence-corrected chi connectivity index (χ0v) is 11.2. The topological polar surface area (TPSA) is 50.4 Å². The average molecular weight is 230 g/mol. The quantitative estimate of drug-likeness (QED) is 0.658. The average Bonchev–Trinajstić information content (AvgIpc) is 2.23. The number of carbonyl (C=O) groups excluding carboxylic acids is 1. The highest BCUT2D eigenvalue weighted by atomic mass is 16.5. The van der Waals surface area contributed by atoms with Crippen LogP contribution >= 0.6 is 0 Å². The Hall–Kier alpha value is -0.610. The van der Waals surface area contributed by atoms with Crippen LogP contribution in [0.5, 0.6) is 0 Å². The van der Waals surface area contributed by atoms with Crippen LogP contribution in [-0.4, -0.2) is 38.3 Å². The largest absolute Gasteiger partial charge is 0.383 e. The van der Waals surface area contributed by atoms with Crippen molar-refractivity contribution in [2.45, 2.75) is 46.2 Å². The first-order valence-corrected chi connectivity index (χ1v) is 6.02. The van der Waals surface area contributed by atoms with E-state index in [1.165, 1.54) is 0 Å². The lowest BCUT2D eigenvalue weighted by Crippen LogP contribution is -2.44. The molecule has 0 saturated carbocycles. The molecule has 2 atom stereocenters. The molecule has 0 aromatic heterocycles. The first-order valence-electron chi connectivity index (χ1n) is 6.02. The van der Waals surface area contributed by atoms with E-state index in [9.17, 15) is 4.79 Å². The van der Waals surface area contributed by atoms with Gasteiger partial charge < -0.3 is 15.4 Å². The minimum Gasteiger partial charge on any atom is -0.383 e. The van der Waals surface area contributed by atoms with Gasteiger partial charge in [0, 0.05) is 19.2 Å². The van der Waals surface area contributed by atoms with E-state index in [0.717, 1.165) is 6.42 Å². The van der Waals surface area contributed by atoms with E-state index in [1.54, 1.807) is 7.11 Å². The molecule has 1 amide bonds. The fourth-order valence-corrected chi connectivity index (χ4v) is 1.23. The molecule has 0 rings (SSSR count). The fraction of sp³-hybridized carbons (Fsp3) is 0.917. The van der Waals surface area contributed by atoms with E-state index in [1.807, 2.05) is 6.92 Å². The zero-order valence-electron chi connectivity index (χ0n) is 11.2. The van der Waals surface area contributed by atoms with Crippen molar-refractivity contribution < 1.29 is 9.53 Å². The Labute approximate surface area is 99.1 Å². The van der Waals surface area contributed by atoms with Gasteiger partial charge in [-0.1, -0.05) is 20.8 Å². The van der Waals surface area contributed by atoms with Crippen LogP contribution in [0, 0.1) is 5.92 Å². The second-order valence-electron chi connectivity index (χ2n) is 4.54. The van der Waals surface area contributed by atoms with Crippen molar-refractivity contribution in [1.82, 2.24) is 10.6 Å². The first-order chi connectivity index (χ1) is 7.51. The van der Waals surface area contributed by atoms with Crippen molar-refractivity contribution in [2.24, 2.45) is 5.92 Å². The van der Waals surface area contributed by atoms with Crippen LogP contribution < -0.4 is 10.6 Å². The number of hydrogen-bond donors (Lipinski definition) is 2. The van der Waals surface area contributed by atoms with Gasteiger partial charge in [-0.2, -0.15) is 0 Å². The number of ether oxygens (including phenoxy) is 1. The highest BCUT2D eigenvalue weighted by Crippen LogP contribution is 1.99. The molecule has 2 N–H and O–H groups in total. The Kier molecular flexibility index (Phi) is 8.21. The zero-order chi connectivity index (χ0) is 12.6. The molecule has 96 valence electrons. The van der Waals surface area contributed by atoms with Gasteiger partial charge in [-0.25, -0.2) is 0 Å². The number of rotatable bonds is 8. The van der Waals surface area contributed by atoms with Gasteiger partial charge in [0.1, 0.15) is 0 Å². The van der Waals surface area contributed by atoms with Crippen LogP contribution in [0.2, 0.25) is 0 Å². The van der Waals surface area contributed by atoms with Crippen LogP contribution in [0.1, 0.15) is 34.1 Å². The summed E-state index contributed by atoms with van der Waals surface area (Å²) < 4.78 is 5.05. The molecule has 2 unspecified atom stereocenters. The summed E-state index contributed by atoms with van der Waals surface area (Å²) in [4.78, 5) is 11.6. The van der Waals surface area contributed by atoms with E-state index in [4.69, 9.17) is 4.74 Å². The molecular formula is C12H26N2O2. The van der Waals surface area contributed by atoms with Crippen molar-refractivity contribution in [3.63, 3.8) is 0 Å². The van der Waals surface area contributed by atoms with E-state index in [2.05, 4.69) is 31.4 Å². The number of methoxy groups -OCH3 is 1. The molecule has 0 spiro atoms. The van der Waals surface area contributed by atoms with Gasteiger partial charge in [-0.15, -0.1) is 0 Å². The molecule has 0 fully saturated rings. The second-order valence-corrected chi connectivity index (χ2v) is 4.54. The van der Waals surface area contributed by atoms with Crippen LogP contribution in [0.15, 0.2) is 0 Å². The van der Waals surface area contributed by atoms with Gasteiger partial charge in [0.25, 0.3) is 0 Å². The van der Waals surface area contributed by atoms with Crippen molar-refractivity contribution in [3.8, 4) is 0 Å². The molecule has 4 heteroatoms. The van der Waals surface area contributed by atoms with Gasteiger partial charge in [0.05, 0.1) is 13.2 Å². The van der Waals surface area contributed by atoms with Gasteiger partial charge in [0.15, 0.2) is 0 Å². The normalized spacial score (nSPS) is 14.9. The molecule has 0 aliphatic carbocycles. The molecule has 16 heavy (non-hydrogen) atoms. The van der Waals surface area contributed by atoms with Crippen molar-refractivity contribution >= 4 is 5.91 Å². The lowest BCUT2D eigenvalue weighted by molar-refractivity contribution is -0.121. The number of amides is 1. The Balaban J connectivity index is 3.79. The molecule has 0 aromatic rings. The third kappa shape index (κ3) is 6.80. The Morgan fingerprint density at radius 3 is 2.38 bits per heavy atom. The summed E-state index contributed by atoms with van der Waals surface area (Å²) in [5.74, 6) is 0.514. The highest BCUT2D eigenvalue weighted by Gasteiger charge is 2.12. The van der Waals surface area contributed by atoms with Crippen molar-refractivity contribution in [2.75, 3.05) is 20.3 Å². The van der Waals surface area contributed by atoms with Gasteiger partial charge in [0.2, 0.25) is 5.91 Å². The molecular weight excluding hydrogens is 204 g/mol. The third-order valence-electron chi connectivity index (χ3n) is 2.80. The summed E-state index contributed by atoms with van der Waals surface area (Å²) in [7, 11) is 1.67. The standard InChI is InChI=1S/C12H26N2O2/c1-6-11(8-16-5)13-7-12(15)14-10(4)9(2)3/h9-11,13H,6-8H2,1-5H3,(H,14,15). The summed E-state index contributed by atoms with van der Waals surface area (Å²) in [6.45, 7) is 9.29. The highest BCUT2D eigenvalue weighted by molar-refractivity contribution is 5.78. The molecule has 0 aliphatic rings. The molecule has 0 aliphatic heterocycles. The third-order valence-corrected chi connectivity index (χ3v) is 2.80. The first kappa shape index (κ1) is 15.4. The van der Waals surface area contributed by atoms with Gasteiger partial charge in [-0.05, 0) is 19.3 Å². The Morgan fingerprint density at radius 1 is 1.31 bits per heavy atom. The van der Waals surface area contributed by atoms with Crippen LogP contribution in [0.4, 0.5) is 0 Å². The summed E-state index contributed by atoms with van der Waals surface area (Å²) in [5, 5.41) is 6.14. The van der Waals surface area contributed by atoms with Crippen molar-refractivity contribution in [3.05, 3.63) is 0 Å². The number of carbonyl (C=O) groups is 1. The van der Waals surface area contributed by atoms with E-state index >= 15 is 0 Å². The fourth-order valence-electron chi connectivity index (χ4n) is 1.23. The summed E-state index contributed by atoms with van der Waals surface area (Å²) in [6, 6.07) is 0.474. The lowest BCUT2D eigenvalue weighted by atomic mass is 10.1. The molecule has 0 saturated heterocycles. The summed E-state index contributed by atoms with van der Waals surface area (Å²) in [5.41, 5.74) is 0. The molecule has 4 nitrogen and oxygen atoms in total. The molecule has 0 aromatic carbocycles. The molecule has 0 radical (unpaired) electrons. The number of nitrogens with one attached hydrogen (secondary N) is 2. The Morgan fingerprint density at radius 2 is 1.94 bits per heavy atom. The molecule has 0 bridgehead atoms.